The van der Waals surface area contributed by atoms with Gasteiger partial charge in [-0.2, -0.15) is 10.2 Å². The van der Waals surface area contributed by atoms with E-state index in [1.54, 1.807) is 0 Å². The summed E-state index contributed by atoms with van der Waals surface area (Å²) in [5, 5.41) is 12.3. The van der Waals surface area contributed by atoms with Crippen molar-refractivity contribution in [1.29, 1.82) is 0 Å². The molecule has 52 heavy (non-hydrogen) atoms. The Labute approximate surface area is 313 Å². The number of carbonyl (C=O) groups excluding carboxylic acids is 1. The third kappa shape index (κ3) is 6.60. The van der Waals surface area contributed by atoms with E-state index in [9.17, 15) is 4.79 Å². The van der Waals surface area contributed by atoms with Crippen molar-refractivity contribution in [3.05, 3.63) is 64.4 Å². The first-order chi connectivity index (χ1) is 25.0. The second-order valence-corrected chi connectivity index (χ2v) is 17.0. The van der Waals surface area contributed by atoms with E-state index >= 15 is 0 Å². The summed E-state index contributed by atoms with van der Waals surface area (Å²) in [6, 6.07) is 13.2. The molecule has 11 heteroatoms. The standard InChI is InChI=1S/C41H54ClN7O3/c1-28-24-33-32(25-43-49(33)34-14-9-10-23-51-34)36(37(28)42)35-29(2)48(31-15-19-46(20-16-31)39(50)52-40(3,4)5)44-38(35)47-22-21-45(27-41(47)17-11-18-41)26-30-12-7-6-8-13-30/h6-8,12-13,24-25,31,34H,9-11,14-23,26-27H2,1-5H3. The number of anilines is 1. The van der Waals surface area contributed by atoms with Crippen LogP contribution in [0.4, 0.5) is 10.6 Å². The van der Waals surface area contributed by atoms with Gasteiger partial charge in [-0.05, 0) is 103 Å². The number of piperidine rings is 1. The summed E-state index contributed by atoms with van der Waals surface area (Å²) in [7, 11) is 0. The maximum absolute atomic E-state index is 13.0. The third-order valence-electron chi connectivity index (χ3n) is 11.8. The highest BCUT2D eigenvalue weighted by Crippen LogP contribution is 2.50. The maximum Gasteiger partial charge on any atom is 0.410 e. The fraction of sp³-hybridized carbons (Fsp3) is 0.585. The maximum atomic E-state index is 13.0. The van der Waals surface area contributed by atoms with E-state index < -0.39 is 5.60 Å². The van der Waals surface area contributed by atoms with Crippen LogP contribution in [0, 0.1) is 13.8 Å². The molecule has 5 heterocycles. The van der Waals surface area contributed by atoms with Gasteiger partial charge in [0.25, 0.3) is 0 Å². The molecule has 278 valence electrons. The van der Waals surface area contributed by atoms with Crippen molar-refractivity contribution in [1.82, 2.24) is 29.4 Å². The highest BCUT2D eigenvalue weighted by Gasteiger charge is 2.48. The number of fused-ring (bicyclic) bond motifs is 1. The lowest BCUT2D eigenvalue weighted by molar-refractivity contribution is -0.0366. The van der Waals surface area contributed by atoms with E-state index in [4.69, 9.17) is 31.3 Å². The summed E-state index contributed by atoms with van der Waals surface area (Å²) in [5.74, 6) is 1.03. The molecule has 8 rings (SSSR count). The van der Waals surface area contributed by atoms with Gasteiger partial charge in [0, 0.05) is 68.1 Å². The molecular formula is C41H54ClN7O3. The number of hydrogen-bond donors (Lipinski definition) is 0. The van der Waals surface area contributed by atoms with Crippen LogP contribution in [0.1, 0.15) is 101 Å². The summed E-state index contributed by atoms with van der Waals surface area (Å²) < 4.78 is 16.3. The molecule has 4 fully saturated rings. The topological polar surface area (TPSA) is 80.9 Å². The predicted molar refractivity (Wildman–Crippen MR) is 206 cm³/mol. The van der Waals surface area contributed by atoms with E-state index in [-0.39, 0.29) is 23.9 Å². The summed E-state index contributed by atoms with van der Waals surface area (Å²) in [4.78, 5) is 20.1. The Kier molecular flexibility index (Phi) is 9.53. The average molecular weight is 728 g/mol. The molecule has 0 radical (unpaired) electrons. The number of benzene rings is 2. The van der Waals surface area contributed by atoms with Crippen molar-refractivity contribution in [2.24, 2.45) is 0 Å². The number of halogens is 1. The van der Waals surface area contributed by atoms with Crippen molar-refractivity contribution in [2.75, 3.05) is 44.2 Å². The van der Waals surface area contributed by atoms with Gasteiger partial charge >= 0.3 is 6.09 Å². The number of piperazine rings is 1. The monoisotopic (exact) mass is 727 g/mol. The number of aryl methyl sites for hydroxylation is 1. The lowest BCUT2D eigenvalue weighted by atomic mass is 9.73. The van der Waals surface area contributed by atoms with Crippen LogP contribution in [0.5, 0.6) is 0 Å². The van der Waals surface area contributed by atoms with Gasteiger partial charge in [0.15, 0.2) is 12.0 Å². The molecule has 2 aromatic carbocycles. The van der Waals surface area contributed by atoms with E-state index in [2.05, 4.69) is 69.4 Å². The van der Waals surface area contributed by atoms with Crippen molar-refractivity contribution in [3.63, 3.8) is 0 Å². The largest absolute Gasteiger partial charge is 0.444 e. The van der Waals surface area contributed by atoms with E-state index in [0.29, 0.717) is 13.1 Å². The molecule has 3 saturated heterocycles. The SMILES string of the molecule is Cc1cc2c(cnn2C2CCCCO2)c(-c2c(N3CCN(Cc4ccccc4)CC34CCC4)nn(C3CCN(C(=O)OC(C)(C)C)CC3)c2C)c1Cl. The minimum Gasteiger partial charge on any atom is -0.444 e. The Bertz CT molecular complexity index is 1910. The van der Waals surface area contributed by atoms with Crippen molar-refractivity contribution >= 4 is 34.4 Å². The zero-order chi connectivity index (χ0) is 36.2. The number of amides is 1. The smallest absolute Gasteiger partial charge is 0.410 e. The van der Waals surface area contributed by atoms with Crippen LogP contribution in [-0.2, 0) is 16.0 Å². The van der Waals surface area contributed by atoms with Gasteiger partial charge in [0.2, 0.25) is 0 Å². The van der Waals surface area contributed by atoms with Gasteiger partial charge in [-0.3, -0.25) is 9.58 Å². The molecule has 0 N–H and O–H groups in total. The molecule has 4 aliphatic rings. The molecule has 1 saturated carbocycles. The van der Waals surface area contributed by atoms with Gasteiger partial charge in [-0.25, -0.2) is 9.48 Å². The minimum atomic E-state index is -0.520. The first-order valence-electron chi connectivity index (χ1n) is 19.4. The quantitative estimate of drug-likeness (QED) is 0.197. The van der Waals surface area contributed by atoms with Gasteiger partial charge in [0.05, 0.1) is 28.3 Å². The minimum absolute atomic E-state index is 0.0169. The number of ether oxygens (including phenoxy) is 2. The lowest BCUT2D eigenvalue weighted by Crippen LogP contribution is -2.65. The van der Waals surface area contributed by atoms with Gasteiger partial charge in [-0.15, -0.1) is 0 Å². The van der Waals surface area contributed by atoms with Gasteiger partial charge < -0.3 is 19.3 Å². The molecule has 1 atom stereocenters. The van der Waals surface area contributed by atoms with Crippen LogP contribution in [0.15, 0.2) is 42.6 Å². The van der Waals surface area contributed by atoms with Gasteiger partial charge in [-0.1, -0.05) is 41.9 Å². The number of hydrogen-bond acceptors (Lipinski definition) is 7. The highest BCUT2D eigenvalue weighted by molar-refractivity contribution is 6.36. The summed E-state index contributed by atoms with van der Waals surface area (Å²) in [6.07, 6.45) is 9.98. The molecule has 1 spiro atoms. The third-order valence-corrected chi connectivity index (χ3v) is 12.3. The normalized spacial score (nSPS) is 21.5. The zero-order valence-electron chi connectivity index (χ0n) is 31.5. The van der Waals surface area contributed by atoms with Crippen LogP contribution in [0.25, 0.3) is 22.0 Å². The highest BCUT2D eigenvalue weighted by atomic mass is 35.5. The predicted octanol–water partition coefficient (Wildman–Crippen LogP) is 8.69. The number of aromatic nitrogens is 4. The molecule has 3 aliphatic heterocycles. The average Bonchev–Trinajstić information content (AvgIpc) is 3.69. The first kappa shape index (κ1) is 35.4. The number of nitrogens with zero attached hydrogens (tertiary/aromatic N) is 7. The van der Waals surface area contributed by atoms with E-state index in [1.807, 2.05) is 31.9 Å². The fourth-order valence-electron chi connectivity index (χ4n) is 9.02. The Morgan fingerprint density at radius 1 is 0.981 bits per heavy atom. The van der Waals surface area contributed by atoms with Crippen LogP contribution in [0.2, 0.25) is 5.02 Å². The van der Waals surface area contributed by atoms with Crippen molar-refractivity contribution < 1.29 is 14.3 Å². The lowest BCUT2D eigenvalue weighted by Gasteiger charge is -2.56. The zero-order valence-corrected chi connectivity index (χ0v) is 32.3. The Balaban J connectivity index is 1.20. The number of likely N-dealkylation sites (tertiary alicyclic amines) is 1. The van der Waals surface area contributed by atoms with Crippen molar-refractivity contribution in [2.45, 2.75) is 116 Å². The van der Waals surface area contributed by atoms with Crippen LogP contribution in [0.3, 0.4) is 0 Å². The molecule has 1 amide bonds. The molecule has 4 aromatic rings. The summed E-state index contributed by atoms with van der Waals surface area (Å²) in [6.45, 7) is 15.9. The van der Waals surface area contributed by atoms with E-state index in [0.717, 1.165) is 122 Å². The Morgan fingerprint density at radius 3 is 2.42 bits per heavy atom. The molecule has 10 nitrogen and oxygen atoms in total. The molecule has 2 aromatic heterocycles. The molecule has 1 aliphatic carbocycles. The van der Waals surface area contributed by atoms with Crippen LogP contribution < -0.4 is 4.90 Å². The molecule has 0 bridgehead atoms. The molecular weight excluding hydrogens is 674 g/mol. The first-order valence-corrected chi connectivity index (χ1v) is 19.8. The summed E-state index contributed by atoms with van der Waals surface area (Å²) >= 11 is 7.43. The number of carbonyl (C=O) groups is 1. The van der Waals surface area contributed by atoms with Crippen LogP contribution in [-0.4, -0.2) is 85.9 Å². The fourth-order valence-corrected chi connectivity index (χ4v) is 9.27. The number of rotatable bonds is 6. The Hall–Kier alpha value is -3.60. The second kappa shape index (κ2) is 14.0. The van der Waals surface area contributed by atoms with Crippen molar-refractivity contribution in [3.8, 4) is 11.1 Å². The second-order valence-electron chi connectivity index (χ2n) is 16.6. The summed E-state index contributed by atoms with van der Waals surface area (Å²) in [5.41, 5.74) is 6.18. The van der Waals surface area contributed by atoms with Crippen LogP contribution >= 0.6 is 11.6 Å². The van der Waals surface area contributed by atoms with Gasteiger partial charge in [0.1, 0.15) is 5.60 Å². The molecule has 1 unspecified atom stereocenters. The Morgan fingerprint density at radius 2 is 1.75 bits per heavy atom. The van der Waals surface area contributed by atoms with E-state index in [1.165, 1.54) is 12.0 Å².